The molecule has 2 aromatic rings. The van der Waals surface area contributed by atoms with Gasteiger partial charge in [0.25, 0.3) is 0 Å². The zero-order valence-corrected chi connectivity index (χ0v) is 10.5. The van der Waals surface area contributed by atoms with E-state index >= 15 is 0 Å². The number of anilines is 2. The molecule has 3 N–H and O–H groups in total. The molecule has 0 spiro atoms. The van der Waals surface area contributed by atoms with Crippen LogP contribution in [0.2, 0.25) is 0 Å². The minimum atomic E-state index is 0.530. The number of nitriles is 1. The van der Waals surface area contributed by atoms with E-state index in [-0.39, 0.29) is 0 Å². The molecule has 0 amide bonds. The molecule has 5 nitrogen and oxygen atoms in total. The zero-order valence-electron chi connectivity index (χ0n) is 9.69. The molecule has 0 saturated carbocycles. The largest absolute Gasteiger partial charge is 0.397 e. The Kier molecular flexibility index (Phi) is 3.02. The summed E-state index contributed by atoms with van der Waals surface area (Å²) in [7, 11) is 1.91. The Morgan fingerprint density at radius 1 is 1.65 bits per heavy atom. The predicted molar refractivity (Wildman–Crippen MR) is 68.7 cm³/mol. The summed E-state index contributed by atoms with van der Waals surface area (Å²) in [6.45, 7) is 2.71. The van der Waals surface area contributed by atoms with Gasteiger partial charge in [0.15, 0.2) is 0 Å². The molecule has 17 heavy (non-hydrogen) atoms. The molecule has 0 aliphatic heterocycles. The molecule has 0 radical (unpaired) electrons. The maximum atomic E-state index is 8.80. The van der Waals surface area contributed by atoms with E-state index in [0.717, 1.165) is 16.3 Å². The molecule has 0 fully saturated rings. The third kappa shape index (κ3) is 2.24. The standard InChI is InChI=1S/C11H13N5S/c1-7-8(6-15-16(7)2)5-14-11-3-9(13)10(4-12)17-11/h3,6,14H,5,13H2,1-2H3. The van der Waals surface area contributed by atoms with Crippen LogP contribution in [0.25, 0.3) is 0 Å². The molecule has 2 rings (SSSR count). The number of rotatable bonds is 3. The smallest absolute Gasteiger partial charge is 0.129 e. The molecule has 0 saturated heterocycles. The molecule has 0 unspecified atom stereocenters. The normalized spacial score (nSPS) is 10.2. The zero-order chi connectivity index (χ0) is 12.4. The van der Waals surface area contributed by atoms with Gasteiger partial charge in [-0.1, -0.05) is 0 Å². The minimum absolute atomic E-state index is 0.530. The quantitative estimate of drug-likeness (QED) is 0.867. The van der Waals surface area contributed by atoms with Crippen LogP contribution in [0.15, 0.2) is 12.3 Å². The van der Waals surface area contributed by atoms with Crippen molar-refractivity contribution in [1.29, 1.82) is 5.26 Å². The van der Waals surface area contributed by atoms with Crippen LogP contribution in [-0.2, 0) is 13.6 Å². The lowest BCUT2D eigenvalue weighted by atomic mass is 10.2. The van der Waals surface area contributed by atoms with Crippen LogP contribution >= 0.6 is 11.3 Å². The van der Waals surface area contributed by atoms with Gasteiger partial charge in [-0.3, -0.25) is 4.68 Å². The van der Waals surface area contributed by atoms with Gasteiger partial charge in [-0.2, -0.15) is 10.4 Å². The lowest BCUT2D eigenvalue weighted by Crippen LogP contribution is -2.00. The maximum Gasteiger partial charge on any atom is 0.129 e. The van der Waals surface area contributed by atoms with Gasteiger partial charge in [-0.25, -0.2) is 0 Å². The number of aromatic nitrogens is 2. The number of nitrogen functional groups attached to an aromatic ring is 1. The van der Waals surface area contributed by atoms with Crippen LogP contribution in [-0.4, -0.2) is 9.78 Å². The highest BCUT2D eigenvalue weighted by molar-refractivity contribution is 7.17. The van der Waals surface area contributed by atoms with Crippen molar-refractivity contribution in [2.45, 2.75) is 13.5 Å². The molecule has 0 aromatic carbocycles. The summed E-state index contributed by atoms with van der Waals surface area (Å²) in [5.74, 6) is 0. The van der Waals surface area contributed by atoms with E-state index in [9.17, 15) is 0 Å². The summed E-state index contributed by atoms with van der Waals surface area (Å²) < 4.78 is 1.83. The maximum absolute atomic E-state index is 8.80. The second-order valence-corrected chi connectivity index (χ2v) is 4.79. The Morgan fingerprint density at radius 3 is 2.94 bits per heavy atom. The number of nitrogens with zero attached hydrogens (tertiary/aromatic N) is 3. The van der Waals surface area contributed by atoms with Crippen LogP contribution in [0.5, 0.6) is 0 Å². The van der Waals surface area contributed by atoms with E-state index in [1.54, 1.807) is 6.07 Å². The first kappa shape index (κ1) is 11.5. The SMILES string of the molecule is Cc1c(CNc2cc(N)c(C#N)s2)cnn1C. The van der Waals surface area contributed by atoms with E-state index < -0.39 is 0 Å². The molecule has 0 aliphatic rings. The number of aryl methyl sites for hydroxylation is 1. The van der Waals surface area contributed by atoms with Crippen molar-refractivity contribution in [1.82, 2.24) is 9.78 Å². The summed E-state index contributed by atoms with van der Waals surface area (Å²) in [4.78, 5) is 0.551. The highest BCUT2D eigenvalue weighted by atomic mass is 32.1. The van der Waals surface area contributed by atoms with E-state index in [1.807, 2.05) is 24.9 Å². The third-order valence-electron chi connectivity index (χ3n) is 2.65. The van der Waals surface area contributed by atoms with Crippen LogP contribution in [0.3, 0.4) is 0 Å². The predicted octanol–water partition coefficient (Wildman–Crippen LogP) is 1.86. The fourth-order valence-electron chi connectivity index (χ4n) is 1.48. The Bertz CT molecular complexity index is 575. The highest BCUT2D eigenvalue weighted by Crippen LogP contribution is 2.28. The average Bonchev–Trinajstić information content (AvgIpc) is 2.82. The topological polar surface area (TPSA) is 79.7 Å². The molecular weight excluding hydrogens is 234 g/mol. The first-order valence-corrected chi connectivity index (χ1v) is 5.94. The average molecular weight is 247 g/mol. The van der Waals surface area contributed by atoms with Gasteiger partial charge < -0.3 is 11.1 Å². The van der Waals surface area contributed by atoms with E-state index in [0.29, 0.717) is 17.1 Å². The number of nitrogens with one attached hydrogen (secondary N) is 1. The summed E-state index contributed by atoms with van der Waals surface area (Å²) >= 11 is 1.37. The van der Waals surface area contributed by atoms with Crippen molar-refractivity contribution in [2.75, 3.05) is 11.1 Å². The lowest BCUT2D eigenvalue weighted by Gasteiger charge is -2.02. The first-order valence-electron chi connectivity index (χ1n) is 5.12. The molecular formula is C11H13N5S. The van der Waals surface area contributed by atoms with Gasteiger partial charge in [0.1, 0.15) is 10.9 Å². The molecule has 88 valence electrons. The number of hydrogen-bond acceptors (Lipinski definition) is 5. The van der Waals surface area contributed by atoms with Crippen LogP contribution in [0.4, 0.5) is 10.7 Å². The molecule has 2 heterocycles. The van der Waals surface area contributed by atoms with E-state index in [4.69, 9.17) is 11.0 Å². The summed E-state index contributed by atoms with van der Waals surface area (Å²) in [5.41, 5.74) is 8.48. The fraction of sp³-hybridized carbons (Fsp3) is 0.273. The summed E-state index contributed by atoms with van der Waals surface area (Å²) in [6.07, 6.45) is 1.84. The molecule has 0 bridgehead atoms. The van der Waals surface area contributed by atoms with Crippen LogP contribution in [0.1, 0.15) is 16.1 Å². The summed E-state index contributed by atoms with van der Waals surface area (Å²) in [6, 6.07) is 3.85. The Balaban J connectivity index is 2.08. The Morgan fingerprint density at radius 2 is 2.41 bits per heavy atom. The van der Waals surface area contributed by atoms with Crippen molar-refractivity contribution < 1.29 is 0 Å². The monoisotopic (exact) mass is 247 g/mol. The number of thiophene rings is 1. The second-order valence-electron chi connectivity index (χ2n) is 3.74. The summed E-state index contributed by atoms with van der Waals surface area (Å²) in [5, 5.41) is 17.1. The second kappa shape index (κ2) is 4.47. The van der Waals surface area contributed by atoms with Gasteiger partial charge in [-0.05, 0) is 13.0 Å². The van der Waals surface area contributed by atoms with Gasteiger partial charge in [0, 0.05) is 24.8 Å². The van der Waals surface area contributed by atoms with E-state index in [2.05, 4.69) is 16.5 Å². The van der Waals surface area contributed by atoms with Crippen molar-refractivity contribution in [3.8, 4) is 6.07 Å². The third-order valence-corrected chi connectivity index (χ3v) is 3.67. The fourth-order valence-corrected chi connectivity index (χ4v) is 2.25. The van der Waals surface area contributed by atoms with Crippen molar-refractivity contribution >= 4 is 22.0 Å². The Hall–Kier alpha value is -2.00. The first-order chi connectivity index (χ1) is 8.11. The molecule has 0 aliphatic carbocycles. The highest BCUT2D eigenvalue weighted by Gasteiger charge is 2.07. The van der Waals surface area contributed by atoms with Crippen LogP contribution in [0, 0.1) is 18.3 Å². The van der Waals surface area contributed by atoms with Gasteiger partial charge >= 0.3 is 0 Å². The van der Waals surface area contributed by atoms with Crippen molar-refractivity contribution in [2.24, 2.45) is 7.05 Å². The van der Waals surface area contributed by atoms with Crippen molar-refractivity contribution in [3.05, 3.63) is 28.4 Å². The molecule has 6 heteroatoms. The Labute approximate surface area is 103 Å². The van der Waals surface area contributed by atoms with Crippen molar-refractivity contribution in [3.63, 3.8) is 0 Å². The lowest BCUT2D eigenvalue weighted by molar-refractivity contribution is 0.738. The van der Waals surface area contributed by atoms with Gasteiger partial charge in [0.2, 0.25) is 0 Å². The van der Waals surface area contributed by atoms with Gasteiger partial charge in [-0.15, -0.1) is 11.3 Å². The number of nitrogens with two attached hydrogens (primary N) is 1. The van der Waals surface area contributed by atoms with E-state index in [1.165, 1.54) is 11.3 Å². The molecule has 2 aromatic heterocycles. The van der Waals surface area contributed by atoms with Gasteiger partial charge in [0.05, 0.1) is 16.9 Å². The van der Waals surface area contributed by atoms with Crippen LogP contribution < -0.4 is 11.1 Å². The number of hydrogen-bond donors (Lipinski definition) is 2. The minimum Gasteiger partial charge on any atom is -0.397 e. The molecule has 0 atom stereocenters.